The summed E-state index contributed by atoms with van der Waals surface area (Å²) in [5, 5.41) is 6.75. The molecule has 1 amide bonds. The highest BCUT2D eigenvalue weighted by atomic mass is 32.2. The average Bonchev–Trinajstić information content (AvgIpc) is 3.20. The summed E-state index contributed by atoms with van der Waals surface area (Å²) in [4.78, 5) is 24.8. The summed E-state index contributed by atoms with van der Waals surface area (Å²) in [6.07, 6.45) is 6.28. The lowest BCUT2D eigenvalue weighted by Crippen LogP contribution is -2.27. The molecular weight excluding hydrogens is 458 g/mol. The minimum atomic E-state index is -3.46. The van der Waals surface area contributed by atoms with Crippen molar-refractivity contribution in [3.8, 4) is 5.75 Å². The highest BCUT2D eigenvalue weighted by molar-refractivity contribution is 7.92. The third-order valence-electron chi connectivity index (χ3n) is 5.38. The number of aromatic nitrogens is 4. The Morgan fingerprint density at radius 1 is 1.24 bits per heavy atom. The summed E-state index contributed by atoms with van der Waals surface area (Å²) < 4.78 is 32.6. The fourth-order valence-corrected chi connectivity index (χ4v) is 4.10. The average molecular weight is 480 g/mol. The van der Waals surface area contributed by atoms with Crippen LogP contribution in [0.15, 0.2) is 55.0 Å². The molecule has 0 saturated heterocycles. The fraction of sp³-hybridized carbons (Fsp3) is 0.182. The second-order valence-corrected chi connectivity index (χ2v) is 9.82. The van der Waals surface area contributed by atoms with Crippen molar-refractivity contribution in [1.82, 2.24) is 19.5 Å². The van der Waals surface area contributed by atoms with Crippen LogP contribution in [0.1, 0.15) is 5.56 Å². The van der Waals surface area contributed by atoms with E-state index in [-0.39, 0.29) is 12.5 Å². The molecular formula is C22H21N7O4S. The normalized spacial score (nSPS) is 13.2. The molecule has 1 aliphatic rings. The molecule has 0 saturated carbocycles. The van der Waals surface area contributed by atoms with E-state index < -0.39 is 10.0 Å². The van der Waals surface area contributed by atoms with Gasteiger partial charge in [-0.05, 0) is 24.3 Å². The van der Waals surface area contributed by atoms with Gasteiger partial charge in [-0.1, -0.05) is 6.07 Å². The third-order valence-corrected chi connectivity index (χ3v) is 6.54. The van der Waals surface area contributed by atoms with Gasteiger partial charge in [0.05, 0.1) is 18.5 Å². The Kier molecular flexibility index (Phi) is 5.28. The number of fused-ring (bicyclic) bond motifs is 2. The van der Waals surface area contributed by atoms with Crippen LogP contribution in [-0.4, -0.2) is 53.8 Å². The monoisotopic (exact) mass is 479 g/mol. The van der Waals surface area contributed by atoms with E-state index in [1.54, 1.807) is 36.7 Å². The Bertz CT molecular complexity index is 1520. The van der Waals surface area contributed by atoms with Gasteiger partial charge in [0, 0.05) is 48.3 Å². The molecule has 12 heteroatoms. The molecule has 0 fully saturated rings. The van der Waals surface area contributed by atoms with Crippen LogP contribution in [0.5, 0.6) is 5.75 Å². The second kappa shape index (κ2) is 8.30. The first-order chi connectivity index (χ1) is 16.3. The minimum absolute atomic E-state index is 0.0305. The molecule has 4 heterocycles. The maximum Gasteiger partial charge on any atom is 0.262 e. The predicted octanol–water partition coefficient (Wildman–Crippen LogP) is 2.34. The molecule has 0 atom stereocenters. The first-order valence-electron chi connectivity index (χ1n) is 10.3. The van der Waals surface area contributed by atoms with Crippen LogP contribution in [0, 0.1) is 0 Å². The van der Waals surface area contributed by atoms with Crippen molar-refractivity contribution in [1.29, 1.82) is 0 Å². The van der Waals surface area contributed by atoms with E-state index >= 15 is 0 Å². The molecule has 0 radical (unpaired) electrons. The van der Waals surface area contributed by atoms with Crippen LogP contribution in [-0.2, 0) is 21.4 Å². The maximum absolute atomic E-state index is 12.0. The quantitative estimate of drug-likeness (QED) is 0.431. The molecule has 4 aromatic rings. The van der Waals surface area contributed by atoms with Gasteiger partial charge >= 0.3 is 0 Å². The van der Waals surface area contributed by atoms with Crippen LogP contribution in [0.25, 0.3) is 11.0 Å². The Morgan fingerprint density at radius 3 is 2.91 bits per heavy atom. The zero-order valence-electron chi connectivity index (χ0n) is 18.4. The SMILES string of the molecule is CN(c1ncccc1Cn1ccc2cnc(Nc3ccc4c(c3)OCC(=O)N4)nc21)S(C)(=O)=O. The van der Waals surface area contributed by atoms with E-state index in [0.717, 1.165) is 21.5 Å². The molecule has 2 N–H and O–H groups in total. The molecule has 3 aromatic heterocycles. The summed E-state index contributed by atoms with van der Waals surface area (Å²) >= 11 is 0. The predicted molar refractivity (Wildman–Crippen MR) is 128 cm³/mol. The van der Waals surface area contributed by atoms with Gasteiger partial charge in [0.1, 0.15) is 17.2 Å². The van der Waals surface area contributed by atoms with E-state index in [4.69, 9.17) is 4.74 Å². The molecule has 0 aliphatic carbocycles. The lowest BCUT2D eigenvalue weighted by molar-refractivity contribution is -0.118. The van der Waals surface area contributed by atoms with E-state index in [1.165, 1.54) is 7.05 Å². The first kappa shape index (κ1) is 21.6. The molecule has 0 unspecified atom stereocenters. The summed E-state index contributed by atoms with van der Waals surface area (Å²) in [6, 6.07) is 10.8. The fourth-order valence-electron chi connectivity index (χ4n) is 3.62. The standard InChI is InChI=1S/C22H21N7O4S/c1-28(34(2,31)32)20-15(4-3-8-23-20)12-29-9-7-14-11-24-22(27-21(14)29)25-16-5-6-17-18(10-16)33-13-19(30)26-17/h3-11H,12-13H2,1-2H3,(H,26,30)(H,24,25,27). The lowest BCUT2D eigenvalue weighted by Gasteiger charge is -2.19. The highest BCUT2D eigenvalue weighted by Crippen LogP contribution is 2.31. The van der Waals surface area contributed by atoms with Gasteiger partial charge in [0.15, 0.2) is 6.61 Å². The highest BCUT2D eigenvalue weighted by Gasteiger charge is 2.19. The number of nitrogens with one attached hydrogen (secondary N) is 2. The van der Waals surface area contributed by atoms with Crippen molar-refractivity contribution in [2.45, 2.75) is 6.54 Å². The van der Waals surface area contributed by atoms with Crippen LogP contribution in [0.3, 0.4) is 0 Å². The van der Waals surface area contributed by atoms with Crippen LogP contribution in [0.4, 0.5) is 23.1 Å². The largest absolute Gasteiger partial charge is 0.482 e. The number of ether oxygens (including phenoxy) is 1. The van der Waals surface area contributed by atoms with Crippen molar-refractivity contribution in [2.75, 3.05) is 34.8 Å². The molecule has 1 aromatic carbocycles. The number of amides is 1. The molecule has 34 heavy (non-hydrogen) atoms. The smallest absolute Gasteiger partial charge is 0.262 e. The van der Waals surface area contributed by atoms with Gasteiger partial charge < -0.3 is 19.9 Å². The van der Waals surface area contributed by atoms with Crippen LogP contribution < -0.4 is 19.7 Å². The molecule has 11 nitrogen and oxygen atoms in total. The number of hydrogen-bond donors (Lipinski definition) is 2. The minimum Gasteiger partial charge on any atom is -0.482 e. The van der Waals surface area contributed by atoms with Gasteiger partial charge in [0.25, 0.3) is 5.91 Å². The van der Waals surface area contributed by atoms with Crippen molar-refractivity contribution in [3.05, 3.63) is 60.6 Å². The number of benzene rings is 1. The van der Waals surface area contributed by atoms with Gasteiger partial charge in [-0.3, -0.25) is 9.10 Å². The Balaban J connectivity index is 1.43. The number of hydrogen-bond acceptors (Lipinski definition) is 8. The Labute approximate surface area is 195 Å². The number of anilines is 4. The summed E-state index contributed by atoms with van der Waals surface area (Å²) in [6.45, 7) is 0.340. The molecule has 0 spiro atoms. The third kappa shape index (κ3) is 4.22. The van der Waals surface area contributed by atoms with Crippen molar-refractivity contribution >= 4 is 50.1 Å². The van der Waals surface area contributed by atoms with Crippen molar-refractivity contribution < 1.29 is 17.9 Å². The number of sulfonamides is 1. The van der Waals surface area contributed by atoms with E-state index in [0.29, 0.717) is 41.1 Å². The van der Waals surface area contributed by atoms with Gasteiger partial charge in [-0.25, -0.2) is 18.4 Å². The van der Waals surface area contributed by atoms with E-state index in [2.05, 4.69) is 25.6 Å². The van der Waals surface area contributed by atoms with E-state index in [1.807, 2.05) is 22.9 Å². The molecule has 1 aliphatic heterocycles. The number of nitrogens with zero attached hydrogens (tertiary/aromatic N) is 5. The maximum atomic E-state index is 12.0. The first-order valence-corrected chi connectivity index (χ1v) is 12.2. The number of carbonyl (C=O) groups excluding carboxylic acids is 1. The summed E-state index contributed by atoms with van der Waals surface area (Å²) in [7, 11) is -1.98. The Morgan fingerprint density at radius 2 is 2.09 bits per heavy atom. The zero-order chi connectivity index (χ0) is 23.9. The van der Waals surface area contributed by atoms with E-state index in [9.17, 15) is 13.2 Å². The number of rotatable bonds is 6. The lowest BCUT2D eigenvalue weighted by atomic mass is 10.2. The Hall–Kier alpha value is -4.19. The molecule has 5 rings (SSSR count). The number of pyridine rings is 1. The van der Waals surface area contributed by atoms with Gasteiger partial charge in [0.2, 0.25) is 16.0 Å². The van der Waals surface area contributed by atoms with Crippen molar-refractivity contribution in [3.63, 3.8) is 0 Å². The molecule has 174 valence electrons. The summed E-state index contributed by atoms with van der Waals surface area (Å²) in [5.41, 5.74) is 2.72. The van der Waals surface area contributed by atoms with Crippen molar-refractivity contribution in [2.24, 2.45) is 0 Å². The summed E-state index contributed by atoms with van der Waals surface area (Å²) in [5.74, 6) is 1.11. The second-order valence-electron chi connectivity index (χ2n) is 7.81. The van der Waals surface area contributed by atoms with Crippen LogP contribution in [0.2, 0.25) is 0 Å². The zero-order valence-corrected chi connectivity index (χ0v) is 19.2. The van der Waals surface area contributed by atoms with Gasteiger partial charge in [-0.2, -0.15) is 4.98 Å². The van der Waals surface area contributed by atoms with Gasteiger partial charge in [-0.15, -0.1) is 0 Å². The number of carbonyl (C=O) groups is 1. The van der Waals surface area contributed by atoms with Crippen LogP contribution >= 0.6 is 0 Å². The topological polar surface area (TPSA) is 131 Å². The molecule has 0 bridgehead atoms.